The second kappa shape index (κ2) is 10.6. The molecule has 0 aromatic heterocycles. The minimum Gasteiger partial charge on any atom is -0.380 e. The Morgan fingerprint density at radius 1 is 1.04 bits per heavy atom. The van der Waals surface area contributed by atoms with Crippen molar-refractivity contribution < 1.29 is 14.3 Å². The number of nitrogens with zero attached hydrogens (tertiary/aromatic N) is 3. The van der Waals surface area contributed by atoms with Gasteiger partial charge in [-0.2, -0.15) is 0 Å². The van der Waals surface area contributed by atoms with E-state index in [1.165, 1.54) is 25.9 Å². The van der Waals surface area contributed by atoms with E-state index in [9.17, 15) is 4.79 Å². The summed E-state index contributed by atoms with van der Waals surface area (Å²) in [5.41, 5.74) is 0. The zero-order valence-electron chi connectivity index (χ0n) is 16.5. The molecule has 3 saturated heterocycles. The first kappa shape index (κ1) is 20.1. The van der Waals surface area contributed by atoms with Gasteiger partial charge in [0.2, 0.25) is 5.91 Å². The van der Waals surface area contributed by atoms with Crippen LogP contribution in [0.5, 0.6) is 0 Å². The van der Waals surface area contributed by atoms with Gasteiger partial charge in [-0.3, -0.25) is 9.69 Å². The van der Waals surface area contributed by atoms with E-state index >= 15 is 0 Å². The van der Waals surface area contributed by atoms with Gasteiger partial charge in [-0.05, 0) is 51.7 Å². The van der Waals surface area contributed by atoms with Crippen LogP contribution in [0, 0.1) is 5.92 Å². The molecule has 0 radical (unpaired) electrons. The molecule has 3 fully saturated rings. The normalized spacial score (nSPS) is 27.0. The van der Waals surface area contributed by atoms with Gasteiger partial charge in [0.05, 0.1) is 25.7 Å². The van der Waals surface area contributed by atoms with Crippen LogP contribution in [0.3, 0.4) is 0 Å². The van der Waals surface area contributed by atoms with Crippen LogP contribution in [0.1, 0.15) is 39.0 Å². The van der Waals surface area contributed by atoms with E-state index in [2.05, 4.69) is 16.7 Å². The number of piperidine rings is 2. The third-order valence-corrected chi connectivity index (χ3v) is 6.10. The zero-order valence-corrected chi connectivity index (χ0v) is 16.5. The number of hydrogen-bond donors (Lipinski definition) is 0. The molecule has 1 unspecified atom stereocenters. The molecular weight excluding hydrogens is 330 g/mol. The first-order valence-corrected chi connectivity index (χ1v) is 10.7. The summed E-state index contributed by atoms with van der Waals surface area (Å²) >= 11 is 0. The van der Waals surface area contributed by atoms with E-state index < -0.39 is 0 Å². The first-order valence-electron chi connectivity index (χ1n) is 10.7. The number of carbonyl (C=O) groups excluding carboxylic acids is 1. The lowest BCUT2D eigenvalue weighted by Gasteiger charge is -2.43. The Hall–Kier alpha value is -0.690. The molecule has 0 aliphatic carbocycles. The molecule has 1 atom stereocenters. The maximum absolute atomic E-state index is 12.8. The molecule has 1 amide bonds. The number of likely N-dealkylation sites (tertiary alicyclic amines) is 2. The fraction of sp³-hybridized carbons (Fsp3) is 0.950. The number of amides is 1. The predicted molar refractivity (Wildman–Crippen MR) is 102 cm³/mol. The van der Waals surface area contributed by atoms with E-state index in [0.29, 0.717) is 25.2 Å². The van der Waals surface area contributed by atoms with Crippen molar-refractivity contribution in [2.24, 2.45) is 5.92 Å². The Morgan fingerprint density at radius 2 is 1.81 bits per heavy atom. The SMILES string of the molecule is CCCOCCN1CCC(N2CCCC(C(=O)N3CCOCC3)C2)CC1. The van der Waals surface area contributed by atoms with Crippen LogP contribution in [0.25, 0.3) is 0 Å². The summed E-state index contributed by atoms with van der Waals surface area (Å²) in [7, 11) is 0. The molecule has 26 heavy (non-hydrogen) atoms. The fourth-order valence-corrected chi connectivity index (χ4v) is 4.53. The highest BCUT2D eigenvalue weighted by Crippen LogP contribution is 2.25. The van der Waals surface area contributed by atoms with Crippen molar-refractivity contribution in [1.29, 1.82) is 0 Å². The molecule has 150 valence electrons. The molecule has 3 aliphatic rings. The van der Waals surface area contributed by atoms with Crippen LogP contribution in [0.2, 0.25) is 0 Å². The molecule has 0 aromatic rings. The summed E-state index contributed by atoms with van der Waals surface area (Å²) in [6, 6.07) is 0.656. The van der Waals surface area contributed by atoms with Gasteiger partial charge < -0.3 is 19.3 Å². The zero-order chi connectivity index (χ0) is 18.2. The lowest BCUT2D eigenvalue weighted by Crippen LogP contribution is -2.52. The van der Waals surface area contributed by atoms with Gasteiger partial charge in [-0.25, -0.2) is 0 Å². The van der Waals surface area contributed by atoms with Gasteiger partial charge in [-0.1, -0.05) is 6.92 Å². The molecule has 0 saturated carbocycles. The number of ether oxygens (including phenoxy) is 2. The molecule has 3 rings (SSSR count). The van der Waals surface area contributed by atoms with Crippen molar-refractivity contribution in [3.05, 3.63) is 0 Å². The Morgan fingerprint density at radius 3 is 2.54 bits per heavy atom. The van der Waals surface area contributed by atoms with Crippen LogP contribution in [0.4, 0.5) is 0 Å². The Labute approximate surface area is 158 Å². The van der Waals surface area contributed by atoms with Gasteiger partial charge in [0, 0.05) is 38.8 Å². The second-order valence-electron chi connectivity index (χ2n) is 7.96. The van der Waals surface area contributed by atoms with Crippen molar-refractivity contribution in [2.45, 2.75) is 45.1 Å². The van der Waals surface area contributed by atoms with Gasteiger partial charge in [0.25, 0.3) is 0 Å². The van der Waals surface area contributed by atoms with E-state index in [1.54, 1.807) is 0 Å². The summed E-state index contributed by atoms with van der Waals surface area (Å²) in [5, 5.41) is 0. The third kappa shape index (κ3) is 5.65. The smallest absolute Gasteiger partial charge is 0.227 e. The van der Waals surface area contributed by atoms with E-state index in [-0.39, 0.29) is 5.92 Å². The largest absolute Gasteiger partial charge is 0.380 e. The highest BCUT2D eigenvalue weighted by molar-refractivity contribution is 5.79. The van der Waals surface area contributed by atoms with Crippen molar-refractivity contribution >= 4 is 5.91 Å². The highest BCUT2D eigenvalue weighted by Gasteiger charge is 2.33. The van der Waals surface area contributed by atoms with Gasteiger partial charge in [0.1, 0.15) is 0 Å². The predicted octanol–water partition coefficient (Wildman–Crippen LogP) is 1.45. The topological polar surface area (TPSA) is 45.2 Å². The molecule has 3 heterocycles. The lowest BCUT2D eigenvalue weighted by molar-refractivity contribution is -0.142. The van der Waals surface area contributed by atoms with Gasteiger partial charge in [-0.15, -0.1) is 0 Å². The Kier molecular flexibility index (Phi) is 8.17. The summed E-state index contributed by atoms with van der Waals surface area (Å²) in [6.45, 7) is 12.3. The number of hydrogen-bond acceptors (Lipinski definition) is 5. The summed E-state index contributed by atoms with van der Waals surface area (Å²) in [5.74, 6) is 0.561. The minimum absolute atomic E-state index is 0.197. The maximum Gasteiger partial charge on any atom is 0.227 e. The second-order valence-corrected chi connectivity index (χ2v) is 7.96. The fourth-order valence-electron chi connectivity index (χ4n) is 4.53. The van der Waals surface area contributed by atoms with Crippen LogP contribution < -0.4 is 0 Å². The lowest BCUT2D eigenvalue weighted by atomic mass is 9.92. The Balaban J connectivity index is 1.40. The highest BCUT2D eigenvalue weighted by atomic mass is 16.5. The van der Waals surface area contributed by atoms with Crippen molar-refractivity contribution in [3.8, 4) is 0 Å². The molecule has 3 aliphatic heterocycles. The van der Waals surface area contributed by atoms with Crippen molar-refractivity contribution in [2.75, 3.05) is 72.2 Å². The molecule has 0 N–H and O–H groups in total. The standard InChI is InChI=1S/C20H37N3O3/c1-2-13-25-14-10-21-8-5-19(6-9-21)23-7-3-4-18(17-23)20(24)22-11-15-26-16-12-22/h18-19H,2-17H2,1H3. The summed E-state index contributed by atoms with van der Waals surface area (Å²) < 4.78 is 11.0. The van der Waals surface area contributed by atoms with Crippen LogP contribution >= 0.6 is 0 Å². The molecule has 0 aromatic carbocycles. The van der Waals surface area contributed by atoms with Crippen molar-refractivity contribution in [3.63, 3.8) is 0 Å². The van der Waals surface area contributed by atoms with Crippen molar-refractivity contribution in [1.82, 2.24) is 14.7 Å². The van der Waals surface area contributed by atoms with Gasteiger partial charge in [0.15, 0.2) is 0 Å². The molecule has 0 bridgehead atoms. The summed E-state index contributed by atoms with van der Waals surface area (Å²) in [6.07, 6.45) is 5.77. The number of rotatable bonds is 7. The molecular formula is C20H37N3O3. The average molecular weight is 368 g/mol. The van der Waals surface area contributed by atoms with Crippen LogP contribution in [-0.2, 0) is 14.3 Å². The Bertz CT molecular complexity index is 421. The van der Waals surface area contributed by atoms with E-state index in [0.717, 1.165) is 65.2 Å². The first-order chi connectivity index (χ1) is 12.8. The maximum atomic E-state index is 12.8. The van der Waals surface area contributed by atoms with E-state index in [1.807, 2.05) is 4.90 Å². The van der Waals surface area contributed by atoms with E-state index in [4.69, 9.17) is 9.47 Å². The van der Waals surface area contributed by atoms with Crippen LogP contribution in [0.15, 0.2) is 0 Å². The summed E-state index contributed by atoms with van der Waals surface area (Å²) in [4.78, 5) is 20.0. The van der Waals surface area contributed by atoms with Crippen LogP contribution in [-0.4, -0.2) is 98.9 Å². The average Bonchev–Trinajstić information content (AvgIpc) is 2.72. The van der Waals surface area contributed by atoms with Gasteiger partial charge >= 0.3 is 0 Å². The number of morpholine rings is 1. The quantitative estimate of drug-likeness (QED) is 0.638. The number of carbonyl (C=O) groups is 1. The molecule has 6 nitrogen and oxygen atoms in total. The minimum atomic E-state index is 0.197. The third-order valence-electron chi connectivity index (χ3n) is 6.10. The molecule has 0 spiro atoms. The molecule has 6 heteroatoms. The monoisotopic (exact) mass is 367 g/mol.